The quantitative estimate of drug-likeness (QED) is 0.770. The van der Waals surface area contributed by atoms with Gasteiger partial charge in [-0.05, 0) is 30.2 Å². The summed E-state index contributed by atoms with van der Waals surface area (Å²) in [6.45, 7) is 0. The molecule has 1 aliphatic heterocycles. The van der Waals surface area contributed by atoms with Crippen LogP contribution in [0.4, 0.5) is 0 Å². The van der Waals surface area contributed by atoms with E-state index in [9.17, 15) is 4.79 Å². The summed E-state index contributed by atoms with van der Waals surface area (Å²) in [6, 6.07) is 5.52. The first-order valence-electron chi connectivity index (χ1n) is 4.42. The minimum absolute atomic E-state index is 0.215. The Bertz CT molecular complexity index is 445. The minimum atomic E-state index is -0.943. The number of carbonyl (C=O) groups is 1. The second-order valence-electron chi connectivity index (χ2n) is 3.19. The van der Waals surface area contributed by atoms with Crippen LogP contribution in [0.5, 0.6) is 0 Å². The second-order valence-corrected chi connectivity index (χ2v) is 4.43. The maximum Gasteiger partial charge on any atom is 0.350 e. The van der Waals surface area contributed by atoms with Gasteiger partial charge < -0.3 is 5.11 Å². The SMILES string of the molecule is O=C(O)C1=NSc2ccc(Cl)cc2CC1. The lowest BCUT2D eigenvalue weighted by atomic mass is 10.1. The van der Waals surface area contributed by atoms with Crippen molar-refractivity contribution in [3.8, 4) is 0 Å². The highest BCUT2D eigenvalue weighted by molar-refractivity contribution is 7.98. The molecule has 2 rings (SSSR count). The van der Waals surface area contributed by atoms with Crippen LogP contribution in [0.15, 0.2) is 27.5 Å². The smallest absolute Gasteiger partial charge is 0.350 e. The van der Waals surface area contributed by atoms with Gasteiger partial charge in [0.15, 0.2) is 0 Å². The third-order valence-corrected chi connectivity index (χ3v) is 3.30. The summed E-state index contributed by atoms with van der Waals surface area (Å²) in [5.74, 6) is -0.943. The number of carboxylic acid groups (broad SMARTS) is 1. The van der Waals surface area contributed by atoms with E-state index in [-0.39, 0.29) is 5.71 Å². The number of halogens is 1. The van der Waals surface area contributed by atoms with E-state index in [1.807, 2.05) is 12.1 Å². The van der Waals surface area contributed by atoms with E-state index in [0.717, 1.165) is 10.5 Å². The van der Waals surface area contributed by atoms with Crippen molar-refractivity contribution in [1.29, 1.82) is 0 Å². The Morgan fingerprint density at radius 3 is 3.00 bits per heavy atom. The van der Waals surface area contributed by atoms with Gasteiger partial charge in [-0.2, -0.15) is 0 Å². The molecule has 1 N–H and O–H groups in total. The summed E-state index contributed by atoms with van der Waals surface area (Å²) in [7, 11) is 0. The molecule has 0 unspecified atom stereocenters. The van der Waals surface area contributed by atoms with Gasteiger partial charge in [0.05, 0.1) is 0 Å². The van der Waals surface area contributed by atoms with Crippen LogP contribution in [0.1, 0.15) is 12.0 Å². The van der Waals surface area contributed by atoms with Gasteiger partial charge in [-0.25, -0.2) is 9.19 Å². The average molecular weight is 242 g/mol. The number of hydrogen-bond acceptors (Lipinski definition) is 3. The normalized spacial score (nSPS) is 15.1. The van der Waals surface area contributed by atoms with Crippen molar-refractivity contribution in [2.24, 2.45) is 4.40 Å². The summed E-state index contributed by atoms with van der Waals surface area (Å²) in [4.78, 5) is 11.7. The van der Waals surface area contributed by atoms with E-state index in [1.165, 1.54) is 11.9 Å². The van der Waals surface area contributed by atoms with Crippen LogP contribution in [-0.4, -0.2) is 16.8 Å². The standard InChI is InChI=1S/C10H8ClNO2S/c11-7-2-4-9-6(5-7)1-3-8(10(13)14)12-15-9/h2,4-5H,1,3H2,(H,13,14). The molecule has 0 aromatic heterocycles. The van der Waals surface area contributed by atoms with Crippen LogP contribution >= 0.6 is 23.5 Å². The number of aryl methyl sites for hydroxylation is 1. The first-order valence-corrected chi connectivity index (χ1v) is 5.57. The summed E-state index contributed by atoms with van der Waals surface area (Å²) in [5, 5.41) is 9.50. The summed E-state index contributed by atoms with van der Waals surface area (Å²) >= 11 is 7.07. The number of hydrogen-bond donors (Lipinski definition) is 1. The predicted molar refractivity (Wildman–Crippen MR) is 60.7 cm³/mol. The van der Waals surface area contributed by atoms with Gasteiger partial charge >= 0.3 is 5.97 Å². The molecular weight excluding hydrogens is 234 g/mol. The van der Waals surface area contributed by atoms with Crippen LogP contribution in [0.3, 0.4) is 0 Å². The molecule has 0 aliphatic carbocycles. The fourth-order valence-electron chi connectivity index (χ4n) is 1.38. The number of fused-ring (bicyclic) bond motifs is 1. The zero-order valence-electron chi connectivity index (χ0n) is 7.74. The molecule has 0 radical (unpaired) electrons. The van der Waals surface area contributed by atoms with Crippen molar-refractivity contribution in [1.82, 2.24) is 0 Å². The van der Waals surface area contributed by atoms with E-state index in [1.54, 1.807) is 6.07 Å². The molecule has 1 aromatic rings. The van der Waals surface area contributed by atoms with E-state index in [4.69, 9.17) is 16.7 Å². The molecule has 0 atom stereocenters. The monoisotopic (exact) mass is 241 g/mol. The molecule has 5 heteroatoms. The average Bonchev–Trinajstić information content (AvgIpc) is 2.39. The van der Waals surface area contributed by atoms with Crippen molar-refractivity contribution in [2.75, 3.05) is 0 Å². The van der Waals surface area contributed by atoms with E-state index in [2.05, 4.69) is 4.40 Å². The van der Waals surface area contributed by atoms with Crippen LogP contribution in [-0.2, 0) is 11.2 Å². The molecule has 3 nitrogen and oxygen atoms in total. The van der Waals surface area contributed by atoms with Gasteiger partial charge in [-0.3, -0.25) is 0 Å². The Labute approximate surface area is 96.3 Å². The van der Waals surface area contributed by atoms with Crippen molar-refractivity contribution >= 4 is 35.2 Å². The molecule has 0 saturated heterocycles. The molecule has 0 spiro atoms. The topological polar surface area (TPSA) is 49.7 Å². The Balaban J connectivity index is 2.30. The highest BCUT2D eigenvalue weighted by Crippen LogP contribution is 2.30. The molecule has 1 heterocycles. The van der Waals surface area contributed by atoms with Crippen molar-refractivity contribution in [2.45, 2.75) is 17.7 Å². The molecule has 0 bridgehead atoms. The fourth-order valence-corrected chi connectivity index (χ4v) is 2.36. The Morgan fingerprint density at radius 1 is 1.47 bits per heavy atom. The molecule has 78 valence electrons. The summed E-state index contributed by atoms with van der Waals surface area (Å²) in [5.41, 5.74) is 1.28. The Morgan fingerprint density at radius 2 is 2.27 bits per heavy atom. The lowest BCUT2D eigenvalue weighted by Crippen LogP contribution is -2.12. The summed E-state index contributed by atoms with van der Waals surface area (Å²) < 4.78 is 3.98. The molecule has 0 saturated carbocycles. The summed E-state index contributed by atoms with van der Waals surface area (Å²) in [6.07, 6.45) is 1.13. The maximum absolute atomic E-state index is 10.8. The van der Waals surface area contributed by atoms with E-state index >= 15 is 0 Å². The van der Waals surface area contributed by atoms with Crippen molar-refractivity contribution < 1.29 is 9.90 Å². The molecule has 0 fully saturated rings. The minimum Gasteiger partial charge on any atom is -0.477 e. The molecule has 0 amide bonds. The number of carboxylic acids is 1. The van der Waals surface area contributed by atoms with Crippen LogP contribution in [0.2, 0.25) is 5.02 Å². The lowest BCUT2D eigenvalue weighted by Gasteiger charge is -2.02. The highest BCUT2D eigenvalue weighted by Gasteiger charge is 2.15. The van der Waals surface area contributed by atoms with Gasteiger partial charge in [0.2, 0.25) is 0 Å². The van der Waals surface area contributed by atoms with Gasteiger partial charge in [0, 0.05) is 28.3 Å². The van der Waals surface area contributed by atoms with E-state index < -0.39 is 5.97 Å². The zero-order valence-corrected chi connectivity index (χ0v) is 9.31. The number of benzene rings is 1. The third-order valence-electron chi connectivity index (χ3n) is 2.15. The highest BCUT2D eigenvalue weighted by atomic mass is 35.5. The lowest BCUT2D eigenvalue weighted by molar-refractivity contribution is -0.129. The van der Waals surface area contributed by atoms with E-state index in [0.29, 0.717) is 17.9 Å². The number of aliphatic carboxylic acids is 1. The molecule has 15 heavy (non-hydrogen) atoms. The number of rotatable bonds is 1. The predicted octanol–water partition coefficient (Wildman–Crippen LogP) is 2.82. The number of nitrogens with zero attached hydrogens (tertiary/aromatic N) is 1. The van der Waals surface area contributed by atoms with Gasteiger partial charge in [0.25, 0.3) is 0 Å². The third kappa shape index (κ3) is 2.33. The molecule has 1 aromatic carbocycles. The van der Waals surface area contributed by atoms with Crippen molar-refractivity contribution in [3.05, 3.63) is 28.8 Å². The fraction of sp³-hybridized carbons (Fsp3) is 0.200. The Kier molecular flexibility index (Phi) is 2.98. The largest absolute Gasteiger partial charge is 0.477 e. The first kappa shape index (κ1) is 10.5. The van der Waals surface area contributed by atoms with Crippen LogP contribution < -0.4 is 0 Å². The Hall–Kier alpha value is -1.00. The zero-order chi connectivity index (χ0) is 10.8. The molecular formula is C10H8ClNO2S. The molecule has 1 aliphatic rings. The van der Waals surface area contributed by atoms with Crippen molar-refractivity contribution in [3.63, 3.8) is 0 Å². The van der Waals surface area contributed by atoms with Crippen LogP contribution in [0.25, 0.3) is 0 Å². The van der Waals surface area contributed by atoms with Crippen LogP contribution in [0, 0.1) is 0 Å². The maximum atomic E-state index is 10.8. The van der Waals surface area contributed by atoms with Gasteiger partial charge in [-0.15, -0.1) is 0 Å². The van der Waals surface area contributed by atoms with Gasteiger partial charge in [0.1, 0.15) is 5.71 Å². The second kappa shape index (κ2) is 4.24. The van der Waals surface area contributed by atoms with Gasteiger partial charge in [-0.1, -0.05) is 11.6 Å². The first-order chi connectivity index (χ1) is 7.16.